The number of benzene rings is 2. The van der Waals surface area contributed by atoms with Crippen molar-refractivity contribution >= 4 is 44.7 Å². The summed E-state index contributed by atoms with van der Waals surface area (Å²) in [6.45, 7) is 1.86. The fourth-order valence-electron chi connectivity index (χ4n) is 1.60. The number of hydrogen-bond acceptors (Lipinski definition) is 2. The van der Waals surface area contributed by atoms with Gasteiger partial charge in [-0.25, -0.2) is 4.39 Å². The number of nitrogens with zero attached hydrogens (tertiary/aromatic N) is 1. The van der Waals surface area contributed by atoms with Gasteiger partial charge in [-0.2, -0.15) is 5.10 Å². The van der Waals surface area contributed by atoms with Crippen LogP contribution in [-0.4, -0.2) is 10.8 Å². The minimum absolute atomic E-state index is 0.233. The maximum atomic E-state index is 13.5. The summed E-state index contributed by atoms with van der Waals surface area (Å²) in [6.07, 6.45) is 0. The van der Waals surface area contributed by atoms with Crippen LogP contribution < -0.4 is 10.7 Å². The molecular weight excluding hydrogens is 353 g/mol. The third-order valence-electron chi connectivity index (χ3n) is 2.71. The second-order valence-electron chi connectivity index (χ2n) is 4.25. The highest BCUT2D eigenvalue weighted by Gasteiger charge is 2.02. The van der Waals surface area contributed by atoms with Crippen molar-refractivity contribution < 1.29 is 4.39 Å². The third kappa shape index (κ3) is 4.61. The lowest BCUT2D eigenvalue weighted by Gasteiger charge is -2.08. The lowest BCUT2D eigenvalue weighted by molar-refractivity contribution is 0.632. The van der Waals surface area contributed by atoms with Crippen molar-refractivity contribution in [3.05, 3.63) is 64.4 Å². The van der Waals surface area contributed by atoms with Gasteiger partial charge in [0.2, 0.25) is 0 Å². The first-order chi connectivity index (χ1) is 10.1. The molecule has 21 heavy (non-hydrogen) atoms. The van der Waals surface area contributed by atoms with Gasteiger partial charge in [0.25, 0.3) is 0 Å². The van der Waals surface area contributed by atoms with E-state index in [9.17, 15) is 4.39 Å². The summed E-state index contributed by atoms with van der Waals surface area (Å²) < 4.78 is 14.5. The molecule has 0 bridgehead atoms. The van der Waals surface area contributed by atoms with Gasteiger partial charge in [0.1, 0.15) is 5.82 Å². The van der Waals surface area contributed by atoms with Gasteiger partial charge < -0.3 is 5.32 Å². The fourth-order valence-corrected chi connectivity index (χ4v) is 2.02. The van der Waals surface area contributed by atoms with Crippen molar-refractivity contribution in [3.63, 3.8) is 0 Å². The van der Waals surface area contributed by atoms with E-state index in [1.165, 1.54) is 6.07 Å². The van der Waals surface area contributed by atoms with Gasteiger partial charge in [-0.15, -0.1) is 0 Å². The van der Waals surface area contributed by atoms with Crippen LogP contribution >= 0.6 is 28.1 Å². The molecule has 0 aliphatic carbocycles. The number of thiocarbonyl (C=S) groups is 1. The molecule has 108 valence electrons. The van der Waals surface area contributed by atoms with E-state index >= 15 is 0 Å². The molecule has 6 heteroatoms. The molecule has 0 amide bonds. The van der Waals surface area contributed by atoms with E-state index in [-0.39, 0.29) is 10.9 Å². The molecule has 0 heterocycles. The molecule has 0 unspecified atom stereocenters. The minimum atomic E-state index is -0.365. The van der Waals surface area contributed by atoms with E-state index in [1.807, 2.05) is 31.2 Å². The molecule has 0 radical (unpaired) electrons. The Morgan fingerprint density at radius 2 is 1.81 bits per heavy atom. The molecule has 0 aromatic heterocycles. The Hall–Kier alpha value is -1.79. The third-order valence-corrected chi connectivity index (χ3v) is 3.43. The maximum Gasteiger partial charge on any atom is 0.191 e. The summed E-state index contributed by atoms with van der Waals surface area (Å²) in [5.74, 6) is -0.365. The summed E-state index contributed by atoms with van der Waals surface area (Å²) in [5.41, 5.74) is 4.76. The van der Waals surface area contributed by atoms with E-state index in [2.05, 4.69) is 31.8 Å². The van der Waals surface area contributed by atoms with Crippen molar-refractivity contribution in [1.82, 2.24) is 5.43 Å². The van der Waals surface area contributed by atoms with Gasteiger partial charge in [0, 0.05) is 4.47 Å². The summed E-state index contributed by atoms with van der Waals surface area (Å²) in [5, 5.41) is 7.16. The molecule has 0 atom stereocenters. The molecule has 3 nitrogen and oxygen atoms in total. The van der Waals surface area contributed by atoms with E-state index in [0.717, 1.165) is 15.7 Å². The van der Waals surface area contributed by atoms with Crippen LogP contribution in [0, 0.1) is 5.82 Å². The summed E-state index contributed by atoms with van der Waals surface area (Å²) in [7, 11) is 0. The predicted molar refractivity (Wildman–Crippen MR) is 92.1 cm³/mol. The first kappa shape index (κ1) is 15.6. The van der Waals surface area contributed by atoms with E-state index in [1.54, 1.807) is 18.2 Å². The minimum Gasteiger partial charge on any atom is -0.329 e. The number of anilines is 1. The molecule has 0 saturated heterocycles. The smallest absolute Gasteiger partial charge is 0.191 e. The summed E-state index contributed by atoms with van der Waals surface area (Å²) in [4.78, 5) is 0. The monoisotopic (exact) mass is 365 g/mol. The predicted octanol–water partition coefficient (Wildman–Crippen LogP) is 4.30. The van der Waals surface area contributed by atoms with E-state index in [0.29, 0.717) is 5.69 Å². The topological polar surface area (TPSA) is 36.4 Å². The Balaban J connectivity index is 1.98. The Labute approximate surface area is 136 Å². The Kier molecular flexibility index (Phi) is 5.41. The molecule has 2 aromatic rings. The zero-order valence-corrected chi connectivity index (χ0v) is 13.6. The van der Waals surface area contributed by atoms with Crippen molar-refractivity contribution in [2.24, 2.45) is 5.10 Å². The second-order valence-corrected chi connectivity index (χ2v) is 5.57. The molecule has 2 N–H and O–H groups in total. The number of hydrogen-bond donors (Lipinski definition) is 2. The van der Waals surface area contributed by atoms with Gasteiger partial charge in [-0.05, 0) is 49.0 Å². The van der Waals surface area contributed by atoms with Gasteiger partial charge in [-0.3, -0.25) is 5.43 Å². The number of hydrazone groups is 1. The average Bonchev–Trinajstić information content (AvgIpc) is 2.48. The first-order valence-electron chi connectivity index (χ1n) is 6.18. The number of halogens is 2. The highest BCUT2D eigenvalue weighted by atomic mass is 79.9. The number of para-hydroxylation sites is 1. The lowest BCUT2D eigenvalue weighted by Crippen LogP contribution is -2.25. The van der Waals surface area contributed by atoms with Crippen molar-refractivity contribution in [3.8, 4) is 0 Å². The first-order valence-corrected chi connectivity index (χ1v) is 7.38. The summed E-state index contributed by atoms with van der Waals surface area (Å²) >= 11 is 8.46. The van der Waals surface area contributed by atoms with Gasteiger partial charge in [0.15, 0.2) is 5.11 Å². The van der Waals surface area contributed by atoms with Crippen molar-refractivity contribution in [1.29, 1.82) is 0 Å². The maximum absolute atomic E-state index is 13.5. The number of rotatable bonds is 3. The normalized spacial score (nSPS) is 11.1. The van der Waals surface area contributed by atoms with Crippen LogP contribution in [0.15, 0.2) is 58.1 Å². The molecule has 0 saturated carbocycles. The van der Waals surface area contributed by atoms with Crippen LogP contribution in [0.3, 0.4) is 0 Å². The Bertz CT molecular complexity index is 671. The van der Waals surface area contributed by atoms with Crippen LogP contribution in [0.1, 0.15) is 12.5 Å². The van der Waals surface area contributed by atoms with Crippen molar-refractivity contribution in [2.75, 3.05) is 5.32 Å². The zero-order chi connectivity index (χ0) is 15.2. The van der Waals surface area contributed by atoms with Crippen LogP contribution in [0.5, 0.6) is 0 Å². The quantitative estimate of drug-likeness (QED) is 0.483. The summed E-state index contributed by atoms with van der Waals surface area (Å²) in [6, 6.07) is 14.1. The molecule has 0 fully saturated rings. The van der Waals surface area contributed by atoms with Gasteiger partial charge >= 0.3 is 0 Å². The second kappa shape index (κ2) is 7.28. The standard InChI is InChI=1S/C15H13BrFN3S/c1-10(11-6-8-12(16)9-7-11)19-20-15(21)18-14-5-3-2-4-13(14)17/h2-9H,1H3,(H2,18,20,21). The van der Waals surface area contributed by atoms with Gasteiger partial charge in [0.05, 0.1) is 11.4 Å². The fraction of sp³-hybridized carbons (Fsp3) is 0.0667. The largest absolute Gasteiger partial charge is 0.329 e. The molecule has 0 spiro atoms. The molecule has 0 aliphatic rings. The van der Waals surface area contributed by atoms with Gasteiger partial charge in [-0.1, -0.05) is 40.2 Å². The molecule has 2 rings (SSSR count). The molecule has 2 aromatic carbocycles. The SMILES string of the molecule is CC(=NNC(=S)Nc1ccccc1F)c1ccc(Br)cc1. The molecular formula is C15H13BrFN3S. The van der Waals surface area contributed by atoms with E-state index in [4.69, 9.17) is 12.2 Å². The van der Waals surface area contributed by atoms with Crippen molar-refractivity contribution in [2.45, 2.75) is 6.92 Å². The number of nitrogens with one attached hydrogen (secondary N) is 2. The van der Waals surface area contributed by atoms with Crippen LogP contribution in [0.4, 0.5) is 10.1 Å². The van der Waals surface area contributed by atoms with E-state index < -0.39 is 0 Å². The Morgan fingerprint density at radius 3 is 2.48 bits per heavy atom. The van der Waals surface area contributed by atoms with Crippen LogP contribution in [0.25, 0.3) is 0 Å². The molecule has 0 aliphatic heterocycles. The Morgan fingerprint density at radius 1 is 1.14 bits per heavy atom. The highest BCUT2D eigenvalue weighted by molar-refractivity contribution is 9.10. The zero-order valence-electron chi connectivity index (χ0n) is 11.2. The van der Waals surface area contributed by atoms with Crippen LogP contribution in [-0.2, 0) is 0 Å². The average molecular weight is 366 g/mol. The highest BCUT2D eigenvalue weighted by Crippen LogP contribution is 2.12. The lowest BCUT2D eigenvalue weighted by atomic mass is 10.1. The van der Waals surface area contributed by atoms with Crippen LogP contribution in [0.2, 0.25) is 0 Å².